The van der Waals surface area contributed by atoms with E-state index in [1.54, 1.807) is 4.90 Å². The molecule has 2 aliphatic heterocycles. The summed E-state index contributed by atoms with van der Waals surface area (Å²) in [5.41, 5.74) is 4.85. The van der Waals surface area contributed by atoms with Crippen LogP contribution in [-0.2, 0) is 20.2 Å². The zero-order valence-electron chi connectivity index (χ0n) is 11.0. The van der Waals surface area contributed by atoms with E-state index in [-0.39, 0.29) is 17.6 Å². The van der Waals surface area contributed by atoms with Crippen LogP contribution in [0.3, 0.4) is 0 Å². The van der Waals surface area contributed by atoms with Crippen LogP contribution in [0.5, 0.6) is 0 Å². The number of hydrogen-bond donors (Lipinski definition) is 4. The third-order valence-corrected chi connectivity index (χ3v) is 6.13. The fourth-order valence-corrected chi connectivity index (χ4v) is 4.53. The van der Waals surface area contributed by atoms with Crippen molar-refractivity contribution in [1.82, 2.24) is 10.2 Å². The van der Waals surface area contributed by atoms with Crippen LogP contribution < -0.4 is 11.1 Å². The monoisotopic (exact) mass is 337 g/mol. The second-order valence-electron chi connectivity index (χ2n) is 4.66. The molecule has 2 aliphatic rings. The van der Waals surface area contributed by atoms with Crippen LogP contribution in [0.1, 0.15) is 6.42 Å². The Hall–Kier alpha value is -1.29. The van der Waals surface area contributed by atoms with Crippen molar-refractivity contribution in [3.63, 3.8) is 0 Å². The van der Waals surface area contributed by atoms with E-state index in [4.69, 9.17) is 15.5 Å². The molecule has 3 atom stereocenters. The van der Waals surface area contributed by atoms with Gasteiger partial charge in [0, 0.05) is 23.1 Å². The third-order valence-electron chi connectivity index (χ3n) is 2.89. The van der Waals surface area contributed by atoms with Crippen LogP contribution in [0.2, 0.25) is 0 Å². The Labute approximate surface area is 123 Å². The van der Waals surface area contributed by atoms with Gasteiger partial charge in [-0.25, -0.2) is 4.99 Å². The normalized spacial score (nSPS) is 26.3. The van der Waals surface area contributed by atoms with Crippen LogP contribution in [0.4, 0.5) is 0 Å². The van der Waals surface area contributed by atoms with Gasteiger partial charge in [-0.15, -0.1) is 0 Å². The molecule has 0 bridgehead atoms. The van der Waals surface area contributed by atoms with Gasteiger partial charge in [-0.3, -0.25) is 23.9 Å². The summed E-state index contributed by atoms with van der Waals surface area (Å²) in [5, 5.41) is 2.38. The molecule has 0 aromatic rings. The standard InChI is InChI=1S/C9H16N5O5PS/c10-9-12-7-6(8(15)13-9)11-4-14(7)2-1-3-21(19)5-20(16,17)18/h4,6-7H,1-3,5H2,(H2,16,17,18)(H3,10,12,13,15). The fraction of sp³-hybridized carbons (Fsp3) is 0.667. The van der Waals surface area contributed by atoms with Crippen LogP contribution in [0, 0.1) is 0 Å². The lowest BCUT2D eigenvalue weighted by Crippen LogP contribution is -2.53. The van der Waals surface area contributed by atoms with E-state index >= 15 is 0 Å². The average molecular weight is 337 g/mol. The Balaban J connectivity index is 1.84. The van der Waals surface area contributed by atoms with Gasteiger partial charge < -0.3 is 20.4 Å². The number of nitrogens with two attached hydrogens (primary N) is 1. The Kier molecular flexibility index (Phi) is 4.77. The summed E-state index contributed by atoms with van der Waals surface area (Å²) in [6, 6.07) is -0.641. The molecule has 10 nitrogen and oxygen atoms in total. The molecular weight excluding hydrogens is 321 g/mol. The van der Waals surface area contributed by atoms with Crippen molar-refractivity contribution in [1.29, 1.82) is 0 Å². The van der Waals surface area contributed by atoms with Gasteiger partial charge in [-0.1, -0.05) is 0 Å². The topological polar surface area (TPSA) is 158 Å². The minimum atomic E-state index is -4.26. The van der Waals surface area contributed by atoms with Crippen molar-refractivity contribution in [3.05, 3.63) is 0 Å². The number of aliphatic imine (C=N–C) groups is 2. The second-order valence-corrected chi connectivity index (χ2v) is 8.31. The van der Waals surface area contributed by atoms with E-state index in [1.165, 1.54) is 6.34 Å². The number of carbonyl (C=O) groups excluding carboxylic acids is 1. The van der Waals surface area contributed by atoms with Gasteiger partial charge >= 0.3 is 7.60 Å². The first-order valence-corrected chi connectivity index (χ1v) is 9.37. The maximum absolute atomic E-state index is 11.6. The first-order chi connectivity index (χ1) is 9.76. The Morgan fingerprint density at radius 3 is 2.90 bits per heavy atom. The maximum Gasteiger partial charge on any atom is 0.337 e. The molecule has 0 radical (unpaired) electrons. The number of fused-ring (bicyclic) bond motifs is 1. The molecule has 0 aromatic carbocycles. The van der Waals surface area contributed by atoms with E-state index in [0.717, 1.165) is 0 Å². The van der Waals surface area contributed by atoms with Crippen molar-refractivity contribution in [2.45, 2.75) is 18.6 Å². The van der Waals surface area contributed by atoms with Gasteiger partial charge in [0.05, 0.1) is 6.34 Å². The summed E-state index contributed by atoms with van der Waals surface area (Å²) in [6.07, 6.45) is 1.41. The van der Waals surface area contributed by atoms with Crippen molar-refractivity contribution in [2.24, 2.45) is 15.7 Å². The van der Waals surface area contributed by atoms with Crippen molar-refractivity contribution in [3.8, 4) is 0 Å². The lowest BCUT2D eigenvalue weighted by molar-refractivity contribution is -0.122. The minimum absolute atomic E-state index is 0.0295. The second kappa shape index (κ2) is 6.22. The average Bonchev–Trinajstić information content (AvgIpc) is 2.70. The highest BCUT2D eigenvalue weighted by Gasteiger charge is 2.38. The summed E-state index contributed by atoms with van der Waals surface area (Å²) in [7, 11) is -5.85. The van der Waals surface area contributed by atoms with Crippen molar-refractivity contribution >= 4 is 36.6 Å². The molecule has 0 saturated heterocycles. The van der Waals surface area contributed by atoms with E-state index in [9.17, 15) is 13.6 Å². The molecular formula is C9H16N5O5PS. The number of nitrogens with one attached hydrogen (secondary N) is 1. The SMILES string of the molecule is NC1=NC2C(N=CN2CCCS(=O)CP(=O)(O)O)C(=O)N1. The lowest BCUT2D eigenvalue weighted by atomic mass is 10.2. The van der Waals surface area contributed by atoms with Gasteiger partial charge in [-0.05, 0) is 6.42 Å². The molecule has 0 aliphatic carbocycles. The number of amides is 1. The molecule has 0 spiro atoms. The van der Waals surface area contributed by atoms with Crippen molar-refractivity contribution < 1.29 is 23.4 Å². The molecule has 21 heavy (non-hydrogen) atoms. The highest BCUT2D eigenvalue weighted by Crippen LogP contribution is 2.35. The molecule has 5 N–H and O–H groups in total. The van der Waals surface area contributed by atoms with E-state index < -0.39 is 36.1 Å². The molecule has 2 rings (SSSR count). The maximum atomic E-state index is 11.6. The minimum Gasteiger partial charge on any atom is -0.370 e. The molecule has 118 valence electrons. The van der Waals surface area contributed by atoms with Crippen LogP contribution in [-0.4, -0.2) is 67.1 Å². The molecule has 2 heterocycles. The van der Waals surface area contributed by atoms with Gasteiger partial charge in [0.2, 0.25) is 0 Å². The molecule has 0 fully saturated rings. The largest absolute Gasteiger partial charge is 0.370 e. The summed E-state index contributed by atoms with van der Waals surface area (Å²) < 4.78 is 22.2. The molecule has 0 aromatic heterocycles. The summed E-state index contributed by atoms with van der Waals surface area (Å²) in [6.45, 7) is 0.418. The van der Waals surface area contributed by atoms with Crippen LogP contribution in [0.25, 0.3) is 0 Å². The van der Waals surface area contributed by atoms with E-state index in [1.807, 2.05) is 0 Å². The highest BCUT2D eigenvalue weighted by molar-refractivity contribution is 7.92. The number of rotatable bonds is 6. The van der Waals surface area contributed by atoms with Crippen molar-refractivity contribution in [2.75, 3.05) is 17.8 Å². The number of guanidine groups is 1. The van der Waals surface area contributed by atoms with Gasteiger partial charge in [0.25, 0.3) is 5.91 Å². The molecule has 12 heteroatoms. The zero-order valence-corrected chi connectivity index (χ0v) is 12.7. The van der Waals surface area contributed by atoms with E-state index in [2.05, 4.69) is 15.3 Å². The quantitative estimate of drug-likeness (QED) is 0.398. The summed E-state index contributed by atoms with van der Waals surface area (Å²) in [4.78, 5) is 38.9. The Morgan fingerprint density at radius 2 is 2.24 bits per heavy atom. The van der Waals surface area contributed by atoms with Crippen LogP contribution >= 0.6 is 7.60 Å². The zero-order chi connectivity index (χ0) is 15.6. The number of nitrogens with zero attached hydrogens (tertiary/aromatic N) is 3. The van der Waals surface area contributed by atoms with Gasteiger partial charge in [-0.2, -0.15) is 0 Å². The Morgan fingerprint density at radius 1 is 1.52 bits per heavy atom. The number of carbonyl (C=O) groups is 1. The predicted octanol–water partition coefficient (Wildman–Crippen LogP) is -2.26. The van der Waals surface area contributed by atoms with Gasteiger partial charge in [0.15, 0.2) is 18.2 Å². The Bertz CT molecular complexity index is 561. The van der Waals surface area contributed by atoms with E-state index in [0.29, 0.717) is 13.0 Å². The predicted molar refractivity (Wildman–Crippen MR) is 77.1 cm³/mol. The smallest absolute Gasteiger partial charge is 0.337 e. The molecule has 3 unspecified atom stereocenters. The highest BCUT2D eigenvalue weighted by atomic mass is 32.2. The van der Waals surface area contributed by atoms with Crippen LogP contribution in [0.15, 0.2) is 9.98 Å². The number of hydrogen-bond acceptors (Lipinski definition) is 7. The summed E-state index contributed by atoms with van der Waals surface area (Å²) >= 11 is 0. The lowest BCUT2D eigenvalue weighted by Gasteiger charge is -2.27. The third kappa shape index (κ3) is 4.34. The molecule has 0 saturated carbocycles. The fourth-order valence-electron chi connectivity index (χ4n) is 2.06. The van der Waals surface area contributed by atoms with Gasteiger partial charge in [0.1, 0.15) is 5.49 Å². The molecule has 1 amide bonds. The summed E-state index contributed by atoms with van der Waals surface area (Å²) in [5.74, 6) is -0.142. The first kappa shape index (κ1) is 16.1. The first-order valence-electron chi connectivity index (χ1n) is 6.09.